The molecule has 0 atom stereocenters. The molecule has 0 saturated heterocycles. The van der Waals surface area contributed by atoms with E-state index in [2.05, 4.69) is 50.1 Å². The molecular weight excluding hydrogens is 242 g/mol. The smallest absolute Gasteiger partial charge is 0.205 e. The average Bonchev–Trinajstić information content (AvgIpc) is 2.60. The number of hydrogen-bond donors (Lipinski definition) is 1. The minimum absolute atomic E-state index is 0.414. The van der Waals surface area contributed by atoms with Gasteiger partial charge in [-0.15, -0.1) is 10.2 Å². The minimum Gasteiger partial charge on any atom is -0.357 e. The van der Waals surface area contributed by atoms with Crippen LogP contribution in [-0.2, 0) is 6.42 Å². The van der Waals surface area contributed by atoms with E-state index in [9.17, 15) is 0 Å². The first-order valence-electron chi connectivity index (χ1n) is 6.89. The minimum atomic E-state index is 0.414. The first-order chi connectivity index (χ1) is 8.30. The van der Waals surface area contributed by atoms with E-state index in [1.54, 1.807) is 11.3 Å². The van der Waals surface area contributed by atoms with Gasteiger partial charge in [0.2, 0.25) is 5.13 Å². The number of aryl methyl sites for hydroxylation is 1. The lowest BCUT2D eigenvalue weighted by Gasteiger charge is -2.45. The Bertz CT molecular complexity index is 393. The van der Waals surface area contributed by atoms with Crippen molar-refractivity contribution in [2.75, 3.05) is 5.32 Å². The van der Waals surface area contributed by atoms with Crippen molar-refractivity contribution in [3.05, 3.63) is 5.01 Å². The summed E-state index contributed by atoms with van der Waals surface area (Å²) in [4.78, 5) is 0. The van der Waals surface area contributed by atoms with Crippen molar-refractivity contribution in [2.24, 2.45) is 10.8 Å². The summed E-state index contributed by atoms with van der Waals surface area (Å²) >= 11 is 1.69. The molecule has 0 radical (unpaired) electrons. The molecule has 4 heteroatoms. The lowest BCUT2D eigenvalue weighted by Crippen LogP contribution is -2.40. The van der Waals surface area contributed by atoms with Gasteiger partial charge in [-0.1, -0.05) is 46.0 Å². The lowest BCUT2D eigenvalue weighted by atomic mass is 9.63. The molecule has 0 amide bonds. The number of anilines is 1. The van der Waals surface area contributed by atoms with Crippen molar-refractivity contribution in [3.63, 3.8) is 0 Å². The second-order valence-corrected chi connectivity index (χ2v) is 8.17. The first-order valence-corrected chi connectivity index (χ1v) is 7.70. The highest BCUT2D eigenvalue weighted by Gasteiger charge is 2.38. The SMILES string of the molecule is CCc1nnc(NC2CC(C)(C)CC(C)(C)C2)s1. The molecule has 102 valence electrons. The van der Waals surface area contributed by atoms with Crippen LogP contribution in [0.5, 0.6) is 0 Å². The zero-order valence-corrected chi connectivity index (χ0v) is 13.0. The van der Waals surface area contributed by atoms with Crippen molar-refractivity contribution in [3.8, 4) is 0 Å². The summed E-state index contributed by atoms with van der Waals surface area (Å²) in [5.74, 6) is 0. The monoisotopic (exact) mass is 267 g/mol. The van der Waals surface area contributed by atoms with Crippen LogP contribution >= 0.6 is 11.3 Å². The Balaban J connectivity index is 2.04. The number of nitrogens with one attached hydrogen (secondary N) is 1. The predicted molar refractivity (Wildman–Crippen MR) is 78.1 cm³/mol. The van der Waals surface area contributed by atoms with E-state index < -0.39 is 0 Å². The zero-order valence-electron chi connectivity index (χ0n) is 12.2. The maximum Gasteiger partial charge on any atom is 0.205 e. The highest BCUT2D eigenvalue weighted by Crippen LogP contribution is 2.46. The fourth-order valence-electron chi connectivity index (χ4n) is 3.58. The van der Waals surface area contributed by atoms with E-state index in [1.165, 1.54) is 19.3 Å². The molecule has 0 spiro atoms. The van der Waals surface area contributed by atoms with Crippen LogP contribution in [0.1, 0.15) is 58.9 Å². The Morgan fingerprint density at radius 1 is 1.17 bits per heavy atom. The summed E-state index contributed by atoms with van der Waals surface area (Å²) in [6.45, 7) is 11.6. The predicted octanol–water partition coefficient (Wildman–Crippen LogP) is 4.12. The molecule has 1 fully saturated rings. The second kappa shape index (κ2) is 4.80. The number of nitrogens with zero attached hydrogens (tertiary/aromatic N) is 2. The van der Waals surface area contributed by atoms with Crippen LogP contribution in [0.15, 0.2) is 0 Å². The molecule has 1 aromatic heterocycles. The molecule has 0 aliphatic heterocycles. The van der Waals surface area contributed by atoms with Crippen molar-refractivity contribution >= 4 is 16.5 Å². The van der Waals surface area contributed by atoms with Crippen molar-refractivity contribution < 1.29 is 0 Å². The van der Waals surface area contributed by atoms with Gasteiger partial charge < -0.3 is 5.32 Å². The number of rotatable bonds is 3. The van der Waals surface area contributed by atoms with E-state index in [4.69, 9.17) is 0 Å². The number of hydrogen-bond acceptors (Lipinski definition) is 4. The van der Waals surface area contributed by atoms with Crippen LogP contribution in [0.2, 0.25) is 0 Å². The Morgan fingerprint density at radius 3 is 2.28 bits per heavy atom. The first kappa shape index (κ1) is 13.8. The van der Waals surface area contributed by atoms with E-state index in [-0.39, 0.29) is 0 Å². The Kier molecular flexibility index (Phi) is 3.67. The van der Waals surface area contributed by atoms with E-state index in [1.807, 2.05) is 0 Å². The van der Waals surface area contributed by atoms with Crippen LogP contribution in [0, 0.1) is 10.8 Å². The average molecular weight is 267 g/mol. The molecule has 18 heavy (non-hydrogen) atoms. The highest BCUT2D eigenvalue weighted by atomic mass is 32.1. The fraction of sp³-hybridized carbons (Fsp3) is 0.857. The molecule has 1 heterocycles. The van der Waals surface area contributed by atoms with Gasteiger partial charge in [0.1, 0.15) is 5.01 Å². The quantitative estimate of drug-likeness (QED) is 0.895. The summed E-state index contributed by atoms with van der Waals surface area (Å²) in [5, 5.41) is 14.1. The molecule has 1 N–H and O–H groups in total. The van der Waals surface area contributed by atoms with Gasteiger partial charge >= 0.3 is 0 Å². The molecular formula is C14H25N3S. The topological polar surface area (TPSA) is 37.8 Å². The van der Waals surface area contributed by atoms with Crippen LogP contribution in [-0.4, -0.2) is 16.2 Å². The Labute approximate surface area is 114 Å². The van der Waals surface area contributed by atoms with E-state index >= 15 is 0 Å². The molecule has 1 aromatic rings. The summed E-state index contributed by atoms with van der Waals surface area (Å²) < 4.78 is 0. The van der Waals surface area contributed by atoms with Gasteiger partial charge in [0, 0.05) is 6.04 Å². The van der Waals surface area contributed by atoms with Gasteiger partial charge in [0.15, 0.2) is 0 Å². The Morgan fingerprint density at radius 2 is 1.78 bits per heavy atom. The van der Waals surface area contributed by atoms with Crippen molar-refractivity contribution in [1.82, 2.24) is 10.2 Å². The second-order valence-electron chi connectivity index (χ2n) is 7.11. The van der Waals surface area contributed by atoms with Gasteiger partial charge in [-0.25, -0.2) is 0 Å². The third-order valence-corrected chi connectivity index (χ3v) is 4.65. The van der Waals surface area contributed by atoms with Crippen LogP contribution < -0.4 is 5.32 Å². The van der Waals surface area contributed by atoms with Crippen LogP contribution in [0.3, 0.4) is 0 Å². The molecule has 0 unspecified atom stereocenters. The van der Waals surface area contributed by atoms with Gasteiger partial charge in [0.25, 0.3) is 0 Å². The third kappa shape index (κ3) is 3.44. The summed E-state index contributed by atoms with van der Waals surface area (Å²) in [6, 6.07) is 0.529. The zero-order chi connectivity index (χ0) is 13.4. The molecule has 0 aromatic carbocycles. The largest absolute Gasteiger partial charge is 0.357 e. The summed E-state index contributed by atoms with van der Waals surface area (Å²) in [5.41, 5.74) is 0.829. The molecule has 1 saturated carbocycles. The van der Waals surface area contributed by atoms with Gasteiger partial charge in [-0.2, -0.15) is 0 Å². The van der Waals surface area contributed by atoms with Gasteiger partial charge in [0.05, 0.1) is 0 Å². The molecule has 0 bridgehead atoms. The third-order valence-electron chi connectivity index (χ3n) is 3.65. The molecule has 1 aliphatic rings. The molecule has 2 rings (SSSR count). The Hall–Kier alpha value is -0.640. The summed E-state index contributed by atoms with van der Waals surface area (Å²) in [6.07, 6.45) is 4.71. The van der Waals surface area contributed by atoms with Gasteiger partial charge in [-0.3, -0.25) is 0 Å². The van der Waals surface area contributed by atoms with Crippen LogP contribution in [0.4, 0.5) is 5.13 Å². The number of aromatic nitrogens is 2. The van der Waals surface area contributed by atoms with Gasteiger partial charge in [-0.05, 0) is 36.5 Å². The maximum atomic E-state index is 4.23. The van der Waals surface area contributed by atoms with Crippen LogP contribution in [0.25, 0.3) is 0 Å². The van der Waals surface area contributed by atoms with E-state index in [0.29, 0.717) is 16.9 Å². The standard InChI is InChI=1S/C14H25N3S/c1-6-11-16-17-12(18-11)15-10-7-13(2,3)9-14(4,5)8-10/h10H,6-9H2,1-5H3,(H,15,17). The molecule has 3 nitrogen and oxygen atoms in total. The summed E-state index contributed by atoms with van der Waals surface area (Å²) in [7, 11) is 0. The maximum absolute atomic E-state index is 4.23. The molecule has 1 aliphatic carbocycles. The highest BCUT2D eigenvalue weighted by molar-refractivity contribution is 7.15. The normalized spacial score (nSPS) is 22.9. The van der Waals surface area contributed by atoms with E-state index in [0.717, 1.165) is 16.6 Å². The fourth-order valence-corrected chi connectivity index (χ4v) is 4.33. The van der Waals surface area contributed by atoms with Crippen molar-refractivity contribution in [2.45, 2.75) is 66.3 Å². The lowest BCUT2D eigenvalue weighted by molar-refractivity contribution is 0.105. The van der Waals surface area contributed by atoms with Crippen molar-refractivity contribution in [1.29, 1.82) is 0 Å².